The van der Waals surface area contributed by atoms with Crippen LogP contribution in [-0.4, -0.2) is 27.4 Å². The van der Waals surface area contributed by atoms with E-state index in [0.29, 0.717) is 18.3 Å². The van der Waals surface area contributed by atoms with Crippen molar-refractivity contribution in [3.05, 3.63) is 11.7 Å². The fourth-order valence-corrected chi connectivity index (χ4v) is 1.22. The standard InChI is InChI=1S/C8H13N3O2/c1-6-10-7(11-13-6)4-9-8(5-12)2-3-8/h9,12H,2-5H2,1H3. The van der Waals surface area contributed by atoms with Crippen molar-refractivity contribution in [3.63, 3.8) is 0 Å². The minimum Gasteiger partial charge on any atom is -0.394 e. The zero-order valence-corrected chi connectivity index (χ0v) is 7.58. The van der Waals surface area contributed by atoms with Gasteiger partial charge in [-0.2, -0.15) is 4.98 Å². The first-order valence-electron chi connectivity index (χ1n) is 4.39. The Balaban J connectivity index is 1.86. The van der Waals surface area contributed by atoms with Crippen LogP contribution < -0.4 is 5.32 Å². The molecule has 1 aliphatic rings. The van der Waals surface area contributed by atoms with Gasteiger partial charge in [-0.1, -0.05) is 5.16 Å². The van der Waals surface area contributed by atoms with Gasteiger partial charge in [0.15, 0.2) is 5.82 Å². The fraction of sp³-hybridized carbons (Fsp3) is 0.750. The SMILES string of the molecule is Cc1nc(CNC2(CO)CC2)no1. The Kier molecular flexibility index (Phi) is 2.05. The van der Waals surface area contributed by atoms with Crippen LogP contribution in [0.3, 0.4) is 0 Å². The zero-order valence-electron chi connectivity index (χ0n) is 7.58. The second-order valence-electron chi connectivity index (χ2n) is 3.52. The predicted molar refractivity (Wildman–Crippen MR) is 44.9 cm³/mol. The molecule has 0 spiro atoms. The van der Waals surface area contributed by atoms with Gasteiger partial charge in [-0.15, -0.1) is 0 Å². The quantitative estimate of drug-likeness (QED) is 0.687. The van der Waals surface area contributed by atoms with Crippen LogP contribution in [0, 0.1) is 6.92 Å². The smallest absolute Gasteiger partial charge is 0.223 e. The molecule has 0 aliphatic heterocycles. The summed E-state index contributed by atoms with van der Waals surface area (Å²) in [6.45, 7) is 2.51. The highest BCUT2D eigenvalue weighted by molar-refractivity contribution is 5.02. The molecule has 0 unspecified atom stereocenters. The molecule has 0 radical (unpaired) electrons. The Morgan fingerprint density at radius 3 is 2.85 bits per heavy atom. The van der Waals surface area contributed by atoms with Crippen LogP contribution in [0.25, 0.3) is 0 Å². The lowest BCUT2D eigenvalue weighted by molar-refractivity contribution is 0.228. The Morgan fingerprint density at radius 2 is 2.38 bits per heavy atom. The van der Waals surface area contributed by atoms with E-state index in [2.05, 4.69) is 15.5 Å². The van der Waals surface area contributed by atoms with Crippen molar-refractivity contribution >= 4 is 0 Å². The summed E-state index contributed by atoms with van der Waals surface area (Å²) >= 11 is 0. The predicted octanol–water partition coefficient (Wildman–Crippen LogP) is -0.00748. The number of nitrogens with one attached hydrogen (secondary N) is 1. The number of aliphatic hydroxyl groups excluding tert-OH is 1. The molecular weight excluding hydrogens is 170 g/mol. The molecule has 0 aromatic carbocycles. The van der Waals surface area contributed by atoms with Gasteiger partial charge >= 0.3 is 0 Å². The molecule has 1 fully saturated rings. The Hall–Kier alpha value is -0.940. The van der Waals surface area contributed by atoms with Gasteiger partial charge < -0.3 is 14.9 Å². The van der Waals surface area contributed by atoms with E-state index < -0.39 is 0 Å². The highest BCUT2D eigenvalue weighted by Gasteiger charge is 2.41. The van der Waals surface area contributed by atoms with Gasteiger partial charge in [-0.25, -0.2) is 0 Å². The van der Waals surface area contributed by atoms with E-state index in [1.165, 1.54) is 0 Å². The number of hydrogen-bond donors (Lipinski definition) is 2. The van der Waals surface area contributed by atoms with E-state index in [-0.39, 0.29) is 12.1 Å². The van der Waals surface area contributed by atoms with Crippen LogP contribution in [0.15, 0.2) is 4.52 Å². The third-order valence-electron chi connectivity index (χ3n) is 2.35. The lowest BCUT2D eigenvalue weighted by atomic mass is 10.3. The summed E-state index contributed by atoms with van der Waals surface area (Å²) < 4.78 is 4.82. The largest absolute Gasteiger partial charge is 0.394 e. The average Bonchev–Trinajstić information content (AvgIpc) is 2.81. The molecule has 5 heteroatoms. The second kappa shape index (κ2) is 3.08. The van der Waals surface area contributed by atoms with Crippen molar-refractivity contribution in [2.75, 3.05) is 6.61 Å². The highest BCUT2D eigenvalue weighted by Crippen LogP contribution is 2.34. The topological polar surface area (TPSA) is 71.2 Å². The van der Waals surface area contributed by atoms with Gasteiger partial charge in [0, 0.05) is 12.5 Å². The molecule has 1 aromatic rings. The summed E-state index contributed by atoms with van der Waals surface area (Å²) in [7, 11) is 0. The molecular formula is C8H13N3O2. The molecule has 0 atom stereocenters. The molecule has 2 N–H and O–H groups in total. The van der Waals surface area contributed by atoms with E-state index in [9.17, 15) is 0 Å². The maximum atomic E-state index is 9.01. The number of aromatic nitrogens is 2. The van der Waals surface area contributed by atoms with Gasteiger partial charge in [0.25, 0.3) is 0 Å². The number of rotatable bonds is 4. The molecule has 1 heterocycles. The normalized spacial score (nSPS) is 18.9. The maximum Gasteiger partial charge on any atom is 0.223 e. The lowest BCUT2D eigenvalue weighted by Crippen LogP contribution is -2.34. The number of aryl methyl sites for hydroxylation is 1. The van der Waals surface area contributed by atoms with E-state index in [4.69, 9.17) is 9.63 Å². The summed E-state index contributed by atoms with van der Waals surface area (Å²) in [5, 5.41) is 16.0. The molecule has 0 saturated heterocycles. The Bertz CT molecular complexity index is 293. The highest BCUT2D eigenvalue weighted by atomic mass is 16.5. The molecule has 1 aliphatic carbocycles. The van der Waals surface area contributed by atoms with Crippen molar-refractivity contribution in [3.8, 4) is 0 Å². The van der Waals surface area contributed by atoms with E-state index in [1.54, 1.807) is 6.92 Å². The second-order valence-corrected chi connectivity index (χ2v) is 3.52. The third-order valence-corrected chi connectivity index (χ3v) is 2.35. The molecule has 0 bridgehead atoms. The summed E-state index contributed by atoms with van der Waals surface area (Å²) in [5.74, 6) is 1.22. The molecule has 1 saturated carbocycles. The summed E-state index contributed by atoms with van der Waals surface area (Å²) in [5.41, 5.74) is -0.0610. The first-order chi connectivity index (χ1) is 6.24. The number of nitrogens with zero attached hydrogens (tertiary/aromatic N) is 2. The van der Waals surface area contributed by atoms with Gasteiger partial charge in [0.1, 0.15) is 0 Å². The van der Waals surface area contributed by atoms with Crippen LogP contribution in [0.5, 0.6) is 0 Å². The molecule has 13 heavy (non-hydrogen) atoms. The maximum absolute atomic E-state index is 9.01. The average molecular weight is 183 g/mol. The molecule has 1 aromatic heterocycles. The minimum atomic E-state index is -0.0610. The summed E-state index contributed by atoms with van der Waals surface area (Å²) in [6, 6.07) is 0. The summed E-state index contributed by atoms with van der Waals surface area (Å²) in [6.07, 6.45) is 2.06. The first kappa shape index (κ1) is 8.65. The van der Waals surface area contributed by atoms with Crippen LogP contribution in [0.1, 0.15) is 24.6 Å². The van der Waals surface area contributed by atoms with Crippen LogP contribution >= 0.6 is 0 Å². The van der Waals surface area contributed by atoms with Gasteiger partial charge in [0.05, 0.1) is 13.2 Å². The van der Waals surface area contributed by atoms with Crippen LogP contribution in [0.2, 0.25) is 0 Å². The zero-order chi connectivity index (χ0) is 9.31. The summed E-state index contributed by atoms with van der Waals surface area (Å²) in [4.78, 5) is 4.05. The van der Waals surface area contributed by atoms with Crippen molar-refractivity contribution in [2.45, 2.75) is 31.8 Å². The van der Waals surface area contributed by atoms with Crippen LogP contribution in [-0.2, 0) is 6.54 Å². The fourth-order valence-electron chi connectivity index (χ4n) is 1.22. The molecule has 0 amide bonds. The van der Waals surface area contributed by atoms with Gasteiger partial charge in [-0.05, 0) is 12.8 Å². The molecule has 5 nitrogen and oxygen atoms in total. The van der Waals surface area contributed by atoms with Crippen molar-refractivity contribution < 1.29 is 9.63 Å². The van der Waals surface area contributed by atoms with Gasteiger partial charge in [-0.3, -0.25) is 0 Å². The lowest BCUT2D eigenvalue weighted by Gasteiger charge is -2.11. The third kappa shape index (κ3) is 1.87. The first-order valence-corrected chi connectivity index (χ1v) is 4.39. The molecule has 2 rings (SSSR count). The monoisotopic (exact) mass is 183 g/mol. The van der Waals surface area contributed by atoms with Crippen LogP contribution in [0.4, 0.5) is 0 Å². The van der Waals surface area contributed by atoms with Crippen molar-refractivity contribution in [1.29, 1.82) is 0 Å². The van der Waals surface area contributed by atoms with Gasteiger partial charge in [0.2, 0.25) is 5.89 Å². The molecule has 72 valence electrons. The van der Waals surface area contributed by atoms with E-state index >= 15 is 0 Å². The van der Waals surface area contributed by atoms with Crippen molar-refractivity contribution in [1.82, 2.24) is 15.5 Å². The van der Waals surface area contributed by atoms with Crippen molar-refractivity contribution in [2.24, 2.45) is 0 Å². The van der Waals surface area contributed by atoms with E-state index in [1.807, 2.05) is 0 Å². The number of aliphatic hydroxyl groups is 1. The van der Waals surface area contributed by atoms with E-state index in [0.717, 1.165) is 12.8 Å². The minimum absolute atomic E-state index is 0.0610. The Morgan fingerprint density at radius 1 is 1.62 bits per heavy atom. The number of hydrogen-bond acceptors (Lipinski definition) is 5. The Labute approximate surface area is 76.1 Å².